The molecule has 0 saturated heterocycles. The second-order valence-electron chi connectivity index (χ2n) is 6.79. The first-order valence-electron chi connectivity index (χ1n) is 8.89. The van der Waals surface area contributed by atoms with E-state index in [1.165, 1.54) is 6.07 Å². The average Bonchev–Trinajstić information content (AvgIpc) is 3.12. The van der Waals surface area contributed by atoms with Crippen LogP contribution in [0.4, 0.5) is 4.39 Å². The fraction of sp³-hybridized carbons (Fsp3) is 0.143. The topological polar surface area (TPSA) is 99.1 Å². The van der Waals surface area contributed by atoms with Gasteiger partial charge in [-0.25, -0.2) is 17.8 Å². The van der Waals surface area contributed by atoms with Crippen molar-refractivity contribution in [3.05, 3.63) is 77.7 Å². The molecule has 0 amide bonds. The third-order valence-corrected chi connectivity index (χ3v) is 5.63. The highest BCUT2D eigenvalue weighted by molar-refractivity contribution is 7.90. The molecule has 2 aromatic heterocycles. The fourth-order valence-corrected chi connectivity index (χ4v) is 3.99. The number of fused-ring (bicyclic) bond motifs is 1. The lowest BCUT2D eigenvalue weighted by atomic mass is 9.94. The summed E-state index contributed by atoms with van der Waals surface area (Å²) in [6, 6.07) is 17.1. The Morgan fingerprint density at radius 3 is 2.53 bits per heavy atom. The zero-order chi connectivity index (χ0) is 20.6. The predicted octanol–water partition coefficient (Wildman–Crippen LogP) is 4.10. The molecule has 2 heterocycles. The van der Waals surface area contributed by atoms with Crippen LogP contribution in [0.3, 0.4) is 0 Å². The average molecular weight is 448 g/mol. The molecule has 9 heteroatoms. The van der Waals surface area contributed by atoms with Gasteiger partial charge in [0.1, 0.15) is 5.69 Å². The molecule has 4 aromatic rings. The summed E-state index contributed by atoms with van der Waals surface area (Å²) in [6.45, 7) is 0. The van der Waals surface area contributed by atoms with Gasteiger partial charge in [0.2, 0.25) is 0 Å². The first-order chi connectivity index (χ1) is 13.8. The highest BCUT2D eigenvalue weighted by atomic mass is 35.5. The molecule has 1 unspecified atom stereocenters. The van der Waals surface area contributed by atoms with E-state index in [1.54, 1.807) is 0 Å². The van der Waals surface area contributed by atoms with Crippen molar-refractivity contribution in [2.75, 3.05) is 6.26 Å². The van der Waals surface area contributed by atoms with Crippen LogP contribution in [-0.2, 0) is 16.3 Å². The number of rotatable bonds is 5. The van der Waals surface area contributed by atoms with Gasteiger partial charge < -0.3 is 10.3 Å². The number of aromatic nitrogens is 2. The SMILES string of the molecule is CS(=O)(=O)c1nc(CC(N)c2ccccc2-c2noc3ccccc23)ccc1F.Cl. The molecule has 0 radical (unpaired) electrons. The first kappa shape index (κ1) is 21.9. The molecular weight excluding hydrogens is 429 g/mol. The van der Waals surface area contributed by atoms with E-state index in [2.05, 4.69) is 10.1 Å². The molecule has 4 rings (SSSR count). The zero-order valence-corrected chi connectivity index (χ0v) is 17.6. The minimum absolute atomic E-state index is 0. The zero-order valence-electron chi connectivity index (χ0n) is 15.9. The molecule has 2 aromatic carbocycles. The van der Waals surface area contributed by atoms with E-state index in [0.29, 0.717) is 17.0 Å². The van der Waals surface area contributed by atoms with Crippen molar-refractivity contribution in [1.29, 1.82) is 0 Å². The maximum Gasteiger partial charge on any atom is 0.195 e. The molecule has 0 aliphatic heterocycles. The van der Waals surface area contributed by atoms with Crippen molar-refractivity contribution in [2.45, 2.75) is 17.5 Å². The number of halogens is 2. The number of nitrogens with zero attached hydrogens (tertiary/aromatic N) is 2. The molecule has 0 saturated carbocycles. The van der Waals surface area contributed by atoms with E-state index in [4.69, 9.17) is 10.3 Å². The molecule has 156 valence electrons. The Kier molecular flexibility index (Phi) is 6.21. The summed E-state index contributed by atoms with van der Waals surface area (Å²) in [7, 11) is -3.77. The minimum Gasteiger partial charge on any atom is -0.356 e. The van der Waals surface area contributed by atoms with Crippen LogP contribution in [0.25, 0.3) is 22.2 Å². The van der Waals surface area contributed by atoms with Crippen molar-refractivity contribution in [2.24, 2.45) is 5.73 Å². The van der Waals surface area contributed by atoms with Crippen LogP contribution < -0.4 is 5.73 Å². The fourth-order valence-electron chi connectivity index (χ4n) is 3.29. The minimum atomic E-state index is -3.77. The molecule has 0 aliphatic rings. The van der Waals surface area contributed by atoms with Gasteiger partial charge in [0, 0.05) is 35.4 Å². The lowest BCUT2D eigenvalue weighted by Gasteiger charge is -2.16. The molecule has 0 bridgehead atoms. The van der Waals surface area contributed by atoms with Gasteiger partial charge in [-0.3, -0.25) is 0 Å². The Hall–Kier alpha value is -2.81. The summed E-state index contributed by atoms with van der Waals surface area (Å²) in [6.07, 6.45) is 1.16. The highest BCUT2D eigenvalue weighted by Gasteiger charge is 2.20. The monoisotopic (exact) mass is 447 g/mol. The van der Waals surface area contributed by atoms with Gasteiger partial charge in [-0.1, -0.05) is 41.6 Å². The molecular formula is C21H19ClFN3O3S. The molecule has 6 nitrogen and oxygen atoms in total. The van der Waals surface area contributed by atoms with Gasteiger partial charge in [-0.15, -0.1) is 12.4 Å². The van der Waals surface area contributed by atoms with Crippen LogP contribution in [0.15, 0.2) is 70.2 Å². The molecule has 30 heavy (non-hydrogen) atoms. The largest absolute Gasteiger partial charge is 0.356 e. The molecule has 1 atom stereocenters. The Balaban J connectivity index is 0.00000256. The van der Waals surface area contributed by atoms with Crippen molar-refractivity contribution in [1.82, 2.24) is 10.1 Å². The molecule has 2 N–H and O–H groups in total. The van der Waals surface area contributed by atoms with Gasteiger partial charge in [0.25, 0.3) is 0 Å². The van der Waals surface area contributed by atoms with Gasteiger partial charge in [-0.05, 0) is 29.8 Å². The van der Waals surface area contributed by atoms with Crippen LogP contribution in [-0.4, -0.2) is 24.8 Å². The van der Waals surface area contributed by atoms with Crippen molar-refractivity contribution in [3.8, 4) is 11.3 Å². The second kappa shape index (κ2) is 8.51. The third kappa shape index (κ3) is 4.21. The Morgan fingerprint density at radius 1 is 1.07 bits per heavy atom. The summed E-state index contributed by atoms with van der Waals surface area (Å²) in [4.78, 5) is 3.97. The maximum atomic E-state index is 13.8. The summed E-state index contributed by atoms with van der Waals surface area (Å²) in [5.41, 5.74) is 9.79. The summed E-state index contributed by atoms with van der Waals surface area (Å²) >= 11 is 0. The van der Waals surface area contributed by atoms with E-state index < -0.39 is 26.7 Å². The number of para-hydroxylation sites is 1. The molecule has 0 aliphatic carbocycles. The van der Waals surface area contributed by atoms with Gasteiger partial charge >= 0.3 is 0 Å². The normalized spacial score (nSPS) is 12.5. The quantitative estimate of drug-likeness (QED) is 0.494. The van der Waals surface area contributed by atoms with Crippen molar-refractivity contribution >= 4 is 33.2 Å². The second-order valence-corrected chi connectivity index (χ2v) is 8.72. The van der Waals surface area contributed by atoms with Crippen LogP contribution in [0.1, 0.15) is 17.3 Å². The summed E-state index contributed by atoms with van der Waals surface area (Å²) < 4.78 is 42.7. The van der Waals surface area contributed by atoms with E-state index in [9.17, 15) is 12.8 Å². The van der Waals surface area contributed by atoms with E-state index in [1.807, 2.05) is 48.5 Å². The van der Waals surface area contributed by atoms with Crippen LogP contribution in [0, 0.1) is 5.82 Å². The summed E-state index contributed by atoms with van der Waals surface area (Å²) in [5.74, 6) is -0.876. The van der Waals surface area contributed by atoms with E-state index in [0.717, 1.165) is 28.8 Å². The molecule has 0 spiro atoms. The number of sulfone groups is 1. The number of pyridine rings is 1. The number of nitrogens with two attached hydrogens (primary N) is 1. The Bertz CT molecular complexity index is 1310. The molecule has 0 fully saturated rings. The van der Waals surface area contributed by atoms with Gasteiger partial charge in [-0.2, -0.15) is 0 Å². The van der Waals surface area contributed by atoms with Crippen LogP contribution >= 0.6 is 12.4 Å². The lowest BCUT2D eigenvalue weighted by Crippen LogP contribution is -2.16. The Morgan fingerprint density at radius 2 is 1.77 bits per heavy atom. The van der Waals surface area contributed by atoms with E-state index >= 15 is 0 Å². The van der Waals surface area contributed by atoms with Gasteiger partial charge in [0.05, 0.1) is 0 Å². The Labute approximate surface area is 179 Å². The van der Waals surface area contributed by atoms with Crippen LogP contribution in [0.5, 0.6) is 0 Å². The summed E-state index contributed by atoms with van der Waals surface area (Å²) in [5, 5.41) is 4.49. The lowest BCUT2D eigenvalue weighted by molar-refractivity contribution is 0.459. The maximum absolute atomic E-state index is 13.8. The van der Waals surface area contributed by atoms with Gasteiger partial charge in [0.15, 0.2) is 26.3 Å². The number of hydrogen-bond acceptors (Lipinski definition) is 6. The van der Waals surface area contributed by atoms with Crippen LogP contribution in [0.2, 0.25) is 0 Å². The predicted molar refractivity (Wildman–Crippen MR) is 115 cm³/mol. The third-order valence-electron chi connectivity index (χ3n) is 4.64. The smallest absolute Gasteiger partial charge is 0.195 e. The van der Waals surface area contributed by atoms with E-state index in [-0.39, 0.29) is 18.8 Å². The highest BCUT2D eigenvalue weighted by Crippen LogP contribution is 2.33. The standard InChI is InChI=1S/C21H18FN3O3S.ClH/c1-29(26,27)21-17(22)11-10-13(24-21)12-18(23)14-6-2-3-7-15(14)20-16-8-4-5-9-19(16)28-25-20;/h2-11,18H,12,23H2,1H3;1H. The van der Waals surface area contributed by atoms with Crippen molar-refractivity contribution < 1.29 is 17.3 Å². The first-order valence-corrected chi connectivity index (χ1v) is 10.8. The number of hydrogen-bond donors (Lipinski definition) is 1. The van der Waals surface area contributed by atoms with Crippen molar-refractivity contribution in [3.63, 3.8) is 0 Å². The number of benzene rings is 2.